The van der Waals surface area contributed by atoms with Crippen LogP contribution in [0.15, 0.2) is 199 Å². The largest absolute Gasteiger partial charge is 0.457 e. The third-order valence-electron chi connectivity index (χ3n) is 13.2. The molecule has 13 aromatic rings. The SMILES string of the molecule is Brc1ccc2c3ccccc3n(-c3ccccn3)c2c1.CC(C)c1cccc(C(C)C)c1-c1cnc2c3ccc(Oc4ccc5c6ccccc6n(-c6ccccn6)c5c4)cc3c3ncccc3n12. The second-order valence-corrected chi connectivity index (χ2v) is 18.9. The molecule has 0 fully saturated rings. The number of hydrogen-bond acceptors (Lipinski definition) is 5. The van der Waals surface area contributed by atoms with Gasteiger partial charge in [0.15, 0.2) is 0 Å². The smallest absolute Gasteiger partial charge is 0.145 e. The van der Waals surface area contributed by atoms with Crippen LogP contribution in [0, 0.1) is 0 Å². The zero-order valence-corrected chi connectivity index (χ0v) is 40.1. The number of para-hydroxylation sites is 2. The molecule has 0 bridgehead atoms. The number of nitrogens with zero attached hydrogens (tertiary/aromatic N) is 7. The summed E-state index contributed by atoms with van der Waals surface area (Å²) < 4.78 is 14.4. The van der Waals surface area contributed by atoms with Crippen LogP contribution in [0.25, 0.3) is 94.0 Å². The number of fused-ring (bicyclic) bond motifs is 12. The van der Waals surface area contributed by atoms with Gasteiger partial charge in [-0.05, 0) is 114 Å². The molecule has 0 radical (unpaired) electrons. The fourth-order valence-electron chi connectivity index (χ4n) is 10.1. The normalized spacial score (nSPS) is 11.8. The highest BCUT2D eigenvalue weighted by molar-refractivity contribution is 9.10. The van der Waals surface area contributed by atoms with E-state index in [4.69, 9.17) is 14.7 Å². The number of hydrogen-bond donors (Lipinski definition) is 0. The third-order valence-corrected chi connectivity index (χ3v) is 13.7. The fourth-order valence-corrected chi connectivity index (χ4v) is 10.5. The monoisotopic (exact) mass is 959 g/mol. The average Bonchev–Trinajstić information content (AvgIpc) is 4.07. The molecule has 0 saturated heterocycles. The molecule has 0 spiro atoms. The molecule has 334 valence electrons. The first-order valence-electron chi connectivity index (χ1n) is 23.4. The molecule has 7 heterocycles. The molecule has 0 saturated carbocycles. The molecule has 9 heteroatoms. The summed E-state index contributed by atoms with van der Waals surface area (Å²) in [6.45, 7) is 9.05. The molecule has 13 rings (SSSR count). The summed E-state index contributed by atoms with van der Waals surface area (Å²) in [7, 11) is 0. The second kappa shape index (κ2) is 17.2. The third kappa shape index (κ3) is 7.20. The number of aromatic nitrogens is 7. The first-order chi connectivity index (χ1) is 33.8. The topological polar surface area (TPSA) is 75.1 Å². The highest BCUT2D eigenvalue weighted by Crippen LogP contribution is 2.41. The minimum absolute atomic E-state index is 0.369. The highest BCUT2D eigenvalue weighted by atomic mass is 79.9. The van der Waals surface area contributed by atoms with Gasteiger partial charge in [-0.2, -0.15) is 0 Å². The molecule has 69 heavy (non-hydrogen) atoms. The Kier molecular flexibility index (Phi) is 10.5. The van der Waals surface area contributed by atoms with Gasteiger partial charge < -0.3 is 4.74 Å². The van der Waals surface area contributed by atoms with Crippen molar-refractivity contribution in [2.24, 2.45) is 0 Å². The van der Waals surface area contributed by atoms with Crippen molar-refractivity contribution in [1.82, 2.24) is 33.5 Å². The van der Waals surface area contributed by atoms with Gasteiger partial charge in [0, 0.05) is 67.0 Å². The van der Waals surface area contributed by atoms with E-state index >= 15 is 0 Å². The Bertz CT molecular complexity index is 4050. The Labute approximate surface area is 407 Å². The Hall–Kier alpha value is -8.14. The number of benzene rings is 6. The van der Waals surface area contributed by atoms with E-state index in [0.717, 1.165) is 77.2 Å². The highest BCUT2D eigenvalue weighted by Gasteiger charge is 2.22. The number of rotatable bonds is 7. The minimum Gasteiger partial charge on any atom is -0.457 e. The van der Waals surface area contributed by atoms with Gasteiger partial charge in [0.25, 0.3) is 0 Å². The summed E-state index contributed by atoms with van der Waals surface area (Å²) in [6, 6.07) is 58.6. The van der Waals surface area contributed by atoms with Crippen LogP contribution >= 0.6 is 15.9 Å². The summed E-state index contributed by atoms with van der Waals surface area (Å²) in [5.41, 5.74) is 12.3. The summed E-state index contributed by atoms with van der Waals surface area (Å²) in [4.78, 5) is 19.2. The average molecular weight is 961 g/mol. The summed E-state index contributed by atoms with van der Waals surface area (Å²) in [5.74, 6) is 4.04. The van der Waals surface area contributed by atoms with E-state index in [1.807, 2.05) is 79.4 Å². The molecular formula is C60H46BrN7O. The van der Waals surface area contributed by atoms with Crippen LogP contribution in [0.5, 0.6) is 11.5 Å². The summed E-state index contributed by atoms with van der Waals surface area (Å²) >= 11 is 3.56. The quantitative estimate of drug-likeness (QED) is 0.149. The van der Waals surface area contributed by atoms with Crippen molar-refractivity contribution in [2.45, 2.75) is 39.5 Å². The van der Waals surface area contributed by atoms with E-state index in [9.17, 15) is 0 Å². The van der Waals surface area contributed by atoms with E-state index in [2.05, 4.69) is 182 Å². The van der Waals surface area contributed by atoms with Crippen molar-refractivity contribution in [1.29, 1.82) is 0 Å². The molecule has 0 aliphatic heterocycles. The standard InChI is InChI=1S/C43H35N5O.C17H11BrN2/c1-26(2)30-12-9-13-31(27(3)4)41(30)39-25-46-43-34-20-18-28(23-35(34)42-37(48(39)43)15-10-22-45-42)49-29-17-19-33-32-11-5-6-14-36(32)47(38(33)24-29)40-16-7-8-21-44-40;18-12-8-9-14-13-5-1-2-6-15(13)20(16(14)11-12)17-7-3-4-10-19-17/h5-27H,1-4H3;1-11H. The van der Waals surface area contributed by atoms with Crippen molar-refractivity contribution in [3.63, 3.8) is 0 Å². The van der Waals surface area contributed by atoms with E-state index in [1.54, 1.807) is 0 Å². The maximum Gasteiger partial charge on any atom is 0.145 e. The predicted octanol–water partition coefficient (Wildman–Crippen LogP) is 16.2. The zero-order chi connectivity index (χ0) is 46.8. The molecule has 6 aromatic carbocycles. The van der Waals surface area contributed by atoms with Crippen molar-refractivity contribution < 1.29 is 4.74 Å². The number of pyridine rings is 4. The predicted molar refractivity (Wildman–Crippen MR) is 287 cm³/mol. The van der Waals surface area contributed by atoms with Crippen LogP contribution in [-0.2, 0) is 0 Å². The van der Waals surface area contributed by atoms with Gasteiger partial charge in [-0.15, -0.1) is 0 Å². The Morgan fingerprint density at radius 2 is 0.971 bits per heavy atom. The molecule has 0 amide bonds. The molecule has 0 aliphatic rings. The minimum atomic E-state index is 0.369. The van der Waals surface area contributed by atoms with Crippen molar-refractivity contribution in [3.8, 4) is 34.4 Å². The van der Waals surface area contributed by atoms with Crippen LogP contribution < -0.4 is 4.74 Å². The van der Waals surface area contributed by atoms with Crippen LogP contribution in [0.1, 0.15) is 50.7 Å². The second-order valence-electron chi connectivity index (χ2n) is 18.0. The van der Waals surface area contributed by atoms with Crippen LogP contribution in [0.4, 0.5) is 0 Å². The van der Waals surface area contributed by atoms with Gasteiger partial charge in [0.05, 0.1) is 45.0 Å². The van der Waals surface area contributed by atoms with Gasteiger partial charge >= 0.3 is 0 Å². The molecular weight excluding hydrogens is 915 g/mol. The maximum atomic E-state index is 6.61. The van der Waals surface area contributed by atoms with E-state index in [0.29, 0.717) is 11.8 Å². The summed E-state index contributed by atoms with van der Waals surface area (Å²) in [5, 5.41) is 6.86. The lowest BCUT2D eigenvalue weighted by atomic mass is 9.87. The molecule has 0 unspecified atom stereocenters. The molecule has 8 nitrogen and oxygen atoms in total. The zero-order valence-electron chi connectivity index (χ0n) is 38.5. The Morgan fingerprint density at radius 3 is 1.59 bits per heavy atom. The Morgan fingerprint density at radius 1 is 0.435 bits per heavy atom. The summed E-state index contributed by atoms with van der Waals surface area (Å²) in [6.07, 6.45) is 7.56. The molecule has 0 atom stereocenters. The lowest BCUT2D eigenvalue weighted by molar-refractivity contribution is 0.484. The van der Waals surface area contributed by atoms with Gasteiger partial charge in [0.2, 0.25) is 0 Å². The molecule has 7 aromatic heterocycles. The number of ether oxygens (including phenoxy) is 1. The fraction of sp³-hybridized carbons (Fsp3) is 0.100. The van der Waals surface area contributed by atoms with Crippen LogP contribution in [0.2, 0.25) is 0 Å². The van der Waals surface area contributed by atoms with Crippen molar-refractivity contribution >= 4 is 87.0 Å². The number of imidazole rings is 1. The van der Waals surface area contributed by atoms with Crippen molar-refractivity contribution in [2.75, 3.05) is 0 Å². The molecule has 0 N–H and O–H groups in total. The van der Waals surface area contributed by atoms with E-state index in [-0.39, 0.29) is 0 Å². The first-order valence-corrected chi connectivity index (χ1v) is 24.2. The van der Waals surface area contributed by atoms with Gasteiger partial charge in [-0.25, -0.2) is 15.0 Å². The lowest BCUT2D eigenvalue weighted by Gasteiger charge is -2.20. The lowest BCUT2D eigenvalue weighted by Crippen LogP contribution is -2.03. The van der Waals surface area contributed by atoms with Gasteiger partial charge in [0.1, 0.15) is 28.8 Å². The van der Waals surface area contributed by atoms with Crippen LogP contribution in [0.3, 0.4) is 0 Å². The maximum absolute atomic E-state index is 6.61. The van der Waals surface area contributed by atoms with Crippen molar-refractivity contribution in [3.05, 3.63) is 210 Å². The van der Waals surface area contributed by atoms with Gasteiger partial charge in [-0.1, -0.05) is 116 Å². The van der Waals surface area contributed by atoms with E-state index in [1.165, 1.54) is 43.9 Å². The van der Waals surface area contributed by atoms with Crippen LogP contribution in [-0.4, -0.2) is 33.5 Å². The molecule has 0 aliphatic carbocycles. The Balaban J connectivity index is 0.000000204. The van der Waals surface area contributed by atoms with Gasteiger partial charge in [-0.3, -0.25) is 18.5 Å². The first kappa shape index (κ1) is 42.2. The number of halogens is 1. The van der Waals surface area contributed by atoms with E-state index < -0.39 is 0 Å².